The molecule has 2 N–H and O–H groups in total. The van der Waals surface area contributed by atoms with E-state index in [1.165, 1.54) is 37.7 Å². The Bertz CT molecular complexity index is 643. The lowest BCUT2D eigenvalue weighted by molar-refractivity contribution is 0.164. The van der Waals surface area contributed by atoms with Crippen LogP contribution < -0.4 is 15.4 Å². The number of ether oxygens (including phenoxy) is 1. The summed E-state index contributed by atoms with van der Waals surface area (Å²) in [6, 6.07) is 10.1. The Kier molecular flexibility index (Phi) is 10.7. The number of rotatable bonds is 9. The van der Waals surface area contributed by atoms with Gasteiger partial charge in [0.25, 0.3) is 0 Å². The van der Waals surface area contributed by atoms with Gasteiger partial charge in [-0.05, 0) is 70.4 Å². The minimum atomic E-state index is 0. The molecule has 7 heteroatoms. The molecule has 0 amide bonds. The smallest absolute Gasteiger partial charge is 0.191 e. The quantitative estimate of drug-likeness (QED) is 0.292. The number of halogens is 1. The van der Waals surface area contributed by atoms with E-state index in [0.717, 1.165) is 43.9 Å². The molecule has 0 aromatic heterocycles. The molecule has 30 heavy (non-hydrogen) atoms. The number of aliphatic imine (C=N–C) groups is 1. The molecule has 1 aliphatic carbocycles. The van der Waals surface area contributed by atoms with Crippen molar-refractivity contribution in [2.24, 2.45) is 4.99 Å². The summed E-state index contributed by atoms with van der Waals surface area (Å²) in [5, 5.41) is 7.10. The van der Waals surface area contributed by atoms with Gasteiger partial charge in [0.1, 0.15) is 5.75 Å². The van der Waals surface area contributed by atoms with Crippen molar-refractivity contribution < 1.29 is 4.74 Å². The van der Waals surface area contributed by atoms with Crippen LogP contribution in [-0.2, 0) is 0 Å². The van der Waals surface area contributed by atoms with Gasteiger partial charge < -0.3 is 15.4 Å². The van der Waals surface area contributed by atoms with E-state index in [-0.39, 0.29) is 24.0 Å². The largest absolute Gasteiger partial charge is 0.497 e. The predicted octanol–water partition coefficient (Wildman–Crippen LogP) is 3.49. The second-order valence-electron chi connectivity index (χ2n) is 8.47. The van der Waals surface area contributed by atoms with E-state index in [1.54, 1.807) is 7.11 Å². The first kappa shape index (κ1) is 25.2. The van der Waals surface area contributed by atoms with Crippen molar-refractivity contribution in [2.75, 3.05) is 47.4 Å². The topological polar surface area (TPSA) is 52.1 Å². The highest BCUT2D eigenvalue weighted by atomic mass is 127. The third-order valence-electron chi connectivity index (χ3n) is 6.40. The number of piperidine rings is 1. The van der Waals surface area contributed by atoms with Crippen LogP contribution in [0.2, 0.25) is 0 Å². The van der Waals surface area contributed by atoms with Crippen molar-refractivity contribution in [3.63, 3.8) is 0 Å². The Morgan fingerprint density at radius 1 is 1.13 bits per heavy atom. The van der Waals surface area contributed by atoms with E-state index in [2.05, 4.69) is 63.7 Å². The Morgan fingerprint density at radius 3 is 2.33 bits per heavy atom. The highest BCUT2D eigenvalue weighted by Crippen LogP contribution is 2.27. The first-order valence-corrected chi connectivity index (χ1v) is 11.2. The number of likely N-dealkylation sites (N-methyl/N-ethyl adjacent to an activating group) is 1. The zero-order valence-corrected chi connectivity index (χ0v) is 21.4. The van der Waals surface area contributed by atoms with E-state index < -0.39 is 0 Å². The number of nitrogens with one attached hydrogen (secondary N) is 2. The Hall–Kier alpha value is -1.06. The van der Waals surface area contributed by atoms with E-state index in [9.17, 15) is 0 Å². The first-order valence-electron chi connectivity index (χ1n) is 11.2. The van der Waals surface area contributed by atoms with Crippen LogP contribution in [0.4, 0.5) is 0 Å². The Labute approximate surface area is 199 Å². The maximum atomic E-state index is 5.34. The maximum absolute atomic E-state index is 5.34. The van der Waals surface area contributed by atoms with Crippen LogP contribution in [-0.4, -0.2) is 75.2 Å². The lowest BCUT2D eigenvalue weighted by Crippen LogP contribution is -2.48. The fourth-order valence-electron chi connectivity index (χ4n) is 4.16. The zero-order valence-electron chi connectivity index (χ0n) is 19.1. The van der Waals surface area contributed by atoms with Crippen LogP contribution in [0.25, 0.3) is 0 Å². The molecule has 2 aliphatic rings. The van der Waals surface area contributed by atoms with Crippen LogP contribution in [0.1, 0.15) is 50.6 Å². The number of guanidine groups is 1. The average Bonchev–Trinajstić information content (AvgIpc) is 3.62. The van der Waals surface area contributed by atoms with Gasteiger partial charge in [-0.1, -0.05) is 18.6 Å². The molecule has 170 valence electrons. The molecule has 2 unspecified atom stereocenters. The monoisotopic (exact) mass is 529 g/mol. The van der Waals surface area contributed by atoms with E-state index >= 15 is 0 Å². The molecular weight excluding hydrogens is 489 g/mol. The van der Waals surface area contributed by atoms with E-state index in [4.69, 9.17) is 4.74 Å². The summed E-state index contributed by atoms with van der Waals surface area (Å²) < 4.78 is 5.34. The number of likely N-dealkylation sites (tertiary alicyclic amines) is 1. The molecule has 2 atom stereocenters. The molecule has 1 aliphatic heterocycles. The number of hydrogen-bond donors (Lipinski definition) is 2. The molecule has 1 aromatic carbocycles. The third-order valence-corrected chi connectivity index (χ3v) is 6.40. The molecule has 1 saturated heterocycles. The average molecular weight is 530 g/mol. The standard InChI is InChI=1S/C23H39N5O.HI/c1-18(27(3)20-10-11-20)16-25-23(24-2)26-17-22(28-14-6-5-7-15-28)19-8-12-21(29-4)13-9-19;/h8-9,12-13,18,20,22H,5-7,10-11,14-17H2,1-4H3,(H2,24,25,26);1H. The lowest BCUT2D eigenvalue weighted by atomic mass is 10.0. The predicted molar refractivity (Wildman–Crippen MR) is 136 cm³/mol. The number of benzene rings is 1. The van der Waals surface area contributed by atoms with Crippen molar-refractivity contribution in [2.45, 2.75) is 57.2 Å². The molecule has 0 spiro atoms. The third kappa shape index (κ3) is 7.27. The summed E-state index contributed by atoms with van der Waals surface area (Å²) in [5.41, 5.74) is 1.33. The van der Waals surface area contributed by atoms with Gasteiger partial charge in [-0.25, -0.2) is 0 Å². The normalized spacial score (nSPS) is 19.7. The second-order valence-corrected chi connectivity index (χ2v) is 8.47. The molecule has 0 bridgehead atoms. The van der Waals surface area contributed by atoms with Crippen molar-refractivity contribution >= 4 is 29.9 Å². The number of methoxy groups -OCH3 is 1. The van der Waals surface area contributed by atoms with Crippen molar-refractivity contribution in [3.05, 3.63) is 29.8 Å². The summed E-state index contributed by atoms with van der Waals surface area (Å²) in [6.07, 6.45) is 6.59. The second kappa shape index (κ2) is 12.7. The Morgan fingerprint density at radius 2 is 1.77 bits per heavy atom. The first-order chi connectivity index (χ1) is 14.1. The number of hydrogen-bond acceptors (Lipinski definition) is 4. The minimum Gasteiger partial charge on any atom is -0.497 e. The molecule has 1 saturated carbocycles. The van der Waals surface area contributed by atoms with Gasteiger partial charge in [0, 0.05) is 32.2 Å². The molecular formula is C23H40IN5O. The minimum absolute atomic E-state index is 0. The van der Waals surface area contributed by atoms with Gasteiger partial charge in [0.15, 0.2) is 5.96 Å². The van der Waals surface area contributed by atoms with Crippen LogP contribution in [0.3, 0.4) is 0 Å². The molecule has 1 heterocycles. The van der Waals surface area contributed by atoms with Gasteiger partial charge in [-0.2, -0.15) is 0 Å². The van der Waals surface area contributed by atoms with Gasteiger partial charge in [0.05, 0.1) is 13.2 Å². The summed E-state index contributed by atoms with van der Waals surface area (Å²) >= 11 is 0. The summed E-state index contributed by atoms with van der Waals surface area (Å²) in [7, 11) is 5.81. The molecule has 2 fully saturated rings. The highest BCUT2D eigenvalue weighted by Gasteiger charge is 2.29. The van der Waals surface area contributed by atoms with Gasteiger partial charge in [0.2, 0.25) is 0 Å². The van der Waals surface area contributed by atoms with Crippen molar-refractivity contribution in [3.8, 4) is 5.75 Å². The van der Waals surface area contributed by atoms with E-state index in [0.29, 0.717) is 12.1 Å². The SMILES string of the molecule is CN=C(NCC(c1ccc(OC)cc1)N1CCCCC1)NCC(C)N(C)C1CC1.I. The molecule has 0 radical (unpaired) electrons. The molecule has 6 nitrogen and oxygen atoms in total. The summed E-state index contributed by atoms with van der Waals surface area (Å²) in [4.78, 5) is 9.54. The lowest BCUT2D eigenvalue weighted by Gasteiger charge is -2.35. The van der Waals surface area contributed by atoms with Crippen LogP contribution in [0.15, 0.2) is 29.3 Å². The van der Waals surface area contributed by atoms with Crippen molar-refractivity contribution in [1.82, 2.24) is 20.4 Å². The van der Waals surface area contributed by atoms with Crippen molar-refractivity contribution in [1.29, 1.82) is 0 Å². The van der Waals surface area contributed by atoms with Gasteiger partial charge in [-0.3, -0.25) is 14.8 Å². The fourth-order valence-corrected chi connectivity index (χ4v) is 4.16. The van der Waals surface area contributed by atoms with Crippen LogP contribution >= 0.6 is 24.0 Å². The Balaban J connectivity index is 0.00000320. The summed E-state index contributed by atoms with van der Waals surface area (Å²) in [6.45, 7) is 6.36. The highest BCUT2D eigenvalue weighted by molar-refractivity contribution is 14.0. The molecule has 1 aromatic rings. The van der Waals surface area contributed by atoms with Gasteiger partial charge >= 0.3 is 0 Å². The maximum Gasteiger partial charge on any atom is 0.191 e. The fraction of sp³-hybridized carbons (Fsp3) is 0.696. The van der Waals surface area contributed by atoms with Crippen LogP contribution in [0, 0.1) is 0 Å². The number of nitrogens with zero attached hydrogens (tertiary/aromatic N) is 3. The zero-order chi connectivity index (χ0) is 20.6. The summed E-state index contributed by atoms with van der Waals surface area (Å²) in [5.74, 6) is 1.79. The van der Waals surface area contributed by atoms with Crippen LogP contribution in [0.5, 0.6) is 5.75 Å². The van der Waals surface area contributed by atoms with E-state index in [1.807, 2.05) is 7.05 Å². The molecule has 3 rings (SSSR count). The van der Waals surface area contributed by atoms with Gasteiger partial charge in [-0.15, -0.1) is 24.0 Å².